The van der Waals surface area contributed by atoms with Crippen molar-refractivity contribution in [3.05, 3.63) is 238 Å². The van der Waals surface area contributed by atoms with Gasteiger partial charge in [-0.05, 0) is 200 Å². The second-order valence-electron chi connectivity index (χ2n) is 37.0. The smallest absolute Gasteiger partial charge is 0.384 e. The SMILES string of the molecule is C=C=C[Si](C)(C)O[Si](C)(C)C=C=C.C=C=C[Si](C)(C)O[Si](C)(C)C=C=C.CC(C)(C)c1ccc(O[PH+](Oc2ccc(C(C)(C)C)cc2C(C)(C)C)c2ccc(-c3ccc([PH+](Oc4ccc(C(C)(C)C)cc4C(C)(C)C)Oc4ccc(C(C)(C)C)cc4C(C)(C)C)cc3)cc2)c(C(C)(C)C)c1.[Pt].[Pt]. The summed E-state index contributed by atoms with van der Waals surface area (Å²) in [6.07, 6.45) is 0. The molecule has 6 rings (SSSR count). The summed E-state index contributed by atoms with van der Waals surface area (Å²) in [5.74, 6) is 3.46. The monoisotopic (exact) mass is 1850 g/mol. The molecule has 14 heteroatoms. The number of hydrogen-bond acceptors (Lipinski definition) is 6. The van der Waals surface area contributed by atoms with Crippen molar-refractivity contribution in [3.8, 4) is 34.1 Å². The van der Waals surface area contributed by atoms with E-state index in [1.54, 1.807) is 0 Å². The van der Waals surface area contributed by atoms with Gasteiger partial charge in [0.2, 0.25) is 33.3 Å². The van der Waals surface area contributed by atoms with E-state index in [1.165, 1.54) is 44.5 Å². The third-order valence-electron chi connectivity index (χ3n) is 16.9. The van der Waals surface area contributed by atoms with E-state index >= 15 is 0 Å². The Morgan fingerprint density at radius 2 is 0.451 bits per heavy atom. The fourth-order valence-corrected chi connectivity index (χ4v) is 28.1. The van der Waals surface area contributed by atoms with Crippen molar-refractivity contribution in [2.75, 3.05) is 0 Å². The first-order chi connectivity index (χ1) is 45.4. The first-order valence-electron chi connectivity index (χ1n) is 35.5. The molecule has 6 aromatic carbocycles. The fraction of sp³-hybridized carbons (Fsp3) is 0.455. The summed E-state index contributed by atoms with van der Waals surface area (Å²) in [5.41, 5.74) is 30.5. The summed E-state index contributed by atoms with van der Waals surface area (Å²) in [4.78, 5) is 0. The van der Waals surface area contributed by atoms with Gasteiger partial charge in [0.05, 0.1) is 0 Å². The average molecular weight is 1850 g/mol. The predicted molar refractivity (Wildman–Crippen MR) is 453 cm³/mol. The maximum Gasteiger partial charge on any atom is 0.384 e. The maximum atomic E-state index is 7.24. The number of rotatable bonds is 19. The van der Waals surface area contributed by atoms with E-state index in [2.05, 4.69) is 389 Å². The van der Waals surface area contributed by atoms with Crippen molar-refractivity contribution < 1.29 is 68.5 Å². The number of benzene rings is 6. The summed E-state index contributed by atoms with van der Waals surface area (Å²) >= 11 is 0. The maximum absolute atomic E-state index is 7.24. The molecular formula is C88H130O6P2Pt2Si4+2. The second kappa shape index (κ2) is 36.5. The van der Waals surface area contributed by atoms with Crippen LogP contribution in [0.25, 0.3) is 11.1 Å². The van der Waals surface area contributed by atoms with Crippen molar-refractivity contribution in [1.82, 2.24) is 0 Å². The van der Waals surface area contributed by atoms with Gasteiger partial charge < -0.3 is 26.3 Å². The zero-order chi connectivity index (χ0) is 76.4. The van der Waals surface area contributed by atoms with Gasteiger partial charge in [0.25, 0.3) is 0 Å². The third-order valence-corrected chi connectivity index (χ3v) is 32.1. The Kier molecular flexibility index (Phi) is 33.5. The van der Waals surface area contributed by atoms with Gasteiger partial charge in [-0.1, -0.05) is 265 Å². The molecule has 0 aliphatic carbocycles. The zero-order valence-corrected chi connectivity index (χ0v) is 79.3. The van der Waals surface area contributed by atoms with Crippen molar-refractivity contribution in [2.45, 2.75) is 262 Å². The van der Waals surface area contributed by atoms with Crippen LogP contribution in [0.15, 0.2) is 193 Å². The van der Waals surface area contributed by atoms with Gasteiger partial charge in [-0.3, -0.25) is 0 Å². The standard InChI is InChI=1S/C68H92O4P2.2C10H18OSi2.2Pt/c1-61(2,3)47-29-37-57(53(41-47)65(13,14)15)69-73(70-58-38-30-48(62(4,5)6)42-54(58)66(16,17)18)51-33-25-45(26-34-51)46-27-35-52(36-28-46)74(71-59-39-31-49(63(7,8)9)43-55(59)67(19,20)21)72-60-40-32-50(64(10,11)12)44-56(60)68(22,23)24;2*1-7-9-12(3,4)11-13(5,6)10-8-2;;/h25-44H,1-24H3;2*9-10H,1-2H2,3-6H3;;/p+2. The summed E-state index contributed by atoms with van der Waals surface area (Å²) in [7, 11) is -11.1. The van der Waals surface area contributed by atoms with Crippen LogP contribution >= 0.6 is 16.8 Å². The van der Waals surface area contributed by atoms with E-state index < -0.39 is 50.0 Å². The predicted octanol–water partition coefficient (Wildman–Crippen LogP) is 25.7. The summed E-state index contributed by atoms with van der Waals surface area (Å²) in [6, 6.07) is 44.5. The van der Waals surface area contributed by atoms with Crippen molar-refractivity contribution in [2.24, 2.45) is 0 Å². The van der Waals surface area contributed by atoms with Crippen LogP contribution in [0.1, 0.15) is 211 Å². The van der Waals surface area contributed by atoms with Gasteiger partial charge in [0.15, 0.2) is 33.6 Å². The Balaban J connectivity index is 0.00000106. The largest absolute Gasteiger partial charge is 0.449 e. The van der Waals surface area contributed by atoms with Crippen LogP contribution < -0.4 is 28.7 Å². The van der Waals surface area contributed by atoms with Gasteiger partial charge in [-0.2, -0.15) is 0 Å². The molecule has 6 nitrogen and oxygen atoms in total. The molecule has 0 aliphatic heterocycles. The molecule has 562 valence electrons. The van der Waals surface area contributed by atoms with Gasteiger partial charge in [0.1, 0.15) is 0 Å². The van der Waals surface area contributed by atoms with Crippen molar-refractivity contribution in [3.63, 3.8) is 0 Å². The molecule has 0 radical (unpaired) electrons. The molecule has 0 fully saturated rings. The second-order valence-corrected chi connectivity index (χ2v) is 55.7. The Morgan fingerprint density at radius 1 is 0.275 bits per heavy atom. The van der Waals surface area contributed by atoms with Crippen LogP contribution in [0.4, 0.5) is 0 Å². The molecule has 0 unspecified atom stereocenters. The Morgan fingerprint density at radius 3 is 0.598 bits per heavy atom. The van der Waals surface area contributed by atoms with Crippen LogP contribution in [-0.4, -0.2) is 33.3 Å². The molecule has 0 aromatic heterocycles. The third kappa shape index (κ3) is 29.1. The molecule has 0 N–H and O–H groups in total. The van der Waals surface area contributed by atoms with Crippen LogP contribution in [0.5, 0.6) is 23.0 Å². The Bertz CT molecular complexity index is 3490. The van der Waals surface area contributed by atoms with E-state index in [0.29, 0.717) is 0 Å². The average Bonchev–Trinajstić information content (AvgIpc) is 0.794. The van der Waals surface area contributed by atoms with Crippen LogP contribution in [0.2, 0.25) is 52.4 Å². The van der Waals surface area contributed by atoms with Crippen LogP contribution in [0, 0.1) is 0 Å². The molecule has 0 amide bonds. The minimum absolute atomic E-state index is 0. The van der Waals surface area contributed by atoms with Gasteiger partial charge in [-0.15, -0.1) is 22.9 Å². The zero-order valence-electron chi connectivity index (χ0n) is 68.8. The minimum atomic E-state index is -2.14. The molecule has 0 aliphatic rings. The summed E-state index contributed by atoms with van der Waals surface area (Å²) in [5, 5.41) is 2.06. The van der Waals surface area contributed by atoms with E-state index in [-0.39, 0.29) is 85.5 Å². The minimum Gasteiger partial charge on any atom is -0.449 e. The molecule has 6 aromatic rings. The van der Waals surface area contributed by atoms with Crippen LogP contribution in [0.3, 0.4) is 0 Å². The molecule has 0 saturated carbocycles. The van der Waals surface area contributed by atoms with Gasteiger partial charge >= 0.3 is 16.8 Å². The first-order valence-corrected chi connectivity index (χ1v) is 50.1. The molecule has 0 heterocycles. The van der Waals surface area contributed by atoms with E-state index in [1.807, 2.05) is 22.8 Å². The van der Waals surface area contributed by atoms with Crippen LogP contribution in [-0.2, 0) is 93.7 Å². The molecule has 102 heavy (non-hydrogen) atoms. The van der Waals surface area contributed by atoms with Gasteiger partial charge in [0, 0.05) is 64.4 Å². The first kappa shape index (κ1) is 93.7. The normalized spacial score (nSPS) is 12.6. The van der Waals surface area contributed by atoms with E-state index in [4.69, 9.17) is 26.3 Å². The van der Waals surface area contributed by atoms with Crippen molar-refractivity contribution in [1.29, 1.82) is 0 Å². The Hall–Kier alpha value is -4.38. The van der Waals surface area contributed by atoms with Gasteiger partial charge in [-0.25, -0.2) is 0 Å². The summed E-state index contributed by atoms with van der Waals surface area (Å²) in [6.45, 7) is 85.8. The molecule has 0 bridgehead atoms. The summed E-state index contributed by atoms with van der Waals surface area (Å²) < 4.78 is 41.1. The van der Waals surface area contributed by atoms with E-state index in [0.717, 1.165) is 44.7 Å². The Labute approximate surface area is 657 Å². The van der Waals surface area contributed by atoms with Crippen molar-refractivity contribution >= 4 is 60.6 Å². The molecule has 0 spiro atoms. The molecule has 0 atom stereocenters. The molecular weight excluding hydrogens is 1720 g/mol. The quantitative estimate of drug-likeness (QED) is 0.0458. The topological polar surface area (TPSA) is 55.4 Å². The van der Waals surface area contributed by atoms with E-state index in [9.17, 15) is 0 Å². The molecule has 0 saturated heterocycles. The number of hydrogen-bond donors (Lipinski definition) is 0. The fourth-order valence-electron chi connectivity index (χ4n) is 11.4.